The Kier molecular flexibility index (Phi) is 6.55. The van der Waals surface area contributed by atoms with E-state index in [0.717, 1.165) is 5.56 Å². The summed E-state index contributed by atoms with van der Waals surface area (Å²) in [5.41, 5.74) is 1.48. The van der Waals surface area contributed by atoms with Crippen LogP contribution in [0.2, 0.25) is 5.02 Å². The highest BCUT2D eigenvalue weighted by molar-refractivity contribution is 8.01. The fourth-order valence-electron chi connectivity index (χ4n) is 1.46. The Morgan fingerprint density at radius 1 is 1.40 bits per heavy atom. The second kappa shape index (κ2) is 7.48. The Labute approximate surface area is 132 Å². The van der Waals surface area contributed by atoms with E-state index in [0.29, 0.717) is 22.2 Å². The summed E-state index contributed by atoms with van der Waals surface area (Å²) in [7, 11) is -0.964. The van der Waals surface area contributed by atoms with Gasteiger partial charge in [-0.2, -0.15) is 0 Å². The van der Waals surface area contributed by atoms with Gasteiger partial charge in [-0.3, -0.25) is 9.00 Å². The van der Waals surface area contributed by atoms with Crippen LogP contribution in [0.1, 0.15) is 26.3 Å². The average molecular weight is 334 g/mol. The van der Waals surface area contributed by atoms with Gasteiger partial charge in [0.15, 0.2) is 0 Å². The summed E-state index contributed by atoms with van der Waals surface area (Å²) in [6.07, 6.45) is 1.63. The van der Waals surface area contributed by atoms with Crippen molar-refractivity contribution < 1.29 is 9.00 Å². The first-order valence-corrected chi connectivity index (χ1v) is 9.29. The highest BCUT2D eigenvalue weighted by Crippen LogP contribution is 2.24. The molecule has 0 fully saturated rings. The molecule has 1 aromatic carbocycles. The molecule has 6 heteroatoms. The molecule has 112 valence electrons. The molecule has 20 heavy (non-hydrogen) atoms. The normalized spacial score (nSPS) is 13.1. The van der Waals surface area contributed by atoms with E-state index in [9.17, 15) is 9.00 Å². The summed E-state index contributed by atoms with van der Waals surface area (Å²) in [5, 5.41) is 3.41. The fraction of sp³-hybridized carbons (Fsp3) is 0.500. The zero-order chi connectivity index (χ0) is 15.3. The third-order valence-electron chi connectivity index (χ3n) is 2.32. The number of amides is 1. The molecule has 0 saturated heterocycles. The third-order valence-corrected chi connectivity index (χ3v) is 4.68. The molecule has 0 radical (unpaired) electrons. The molecule has 1 amide bonds. The lowest BCUT2D eigenvalue weighted by Crippen LogP contribution is -2.19. The standard InChI is InChI=1S/C14H20ClNO2S2/c1-14(2,3)19-8-13(17)16-11-5-6-12(15)10(7-11)9-20(4)18/h5-7H,8-9H2,1-4H3,(H,16,17). The van der Waals surface area contributed by atoms with E-state index >= 15 is 0 Å². The molecule has 0 aliphatic carbocycles. The van der Waals surface area contributed by atoms with E-state index in [1.165, 1.54) is 0 Å². The fourth-order valence-corrected chi connectivity index (χ4v) is 3.04. The van der Waals surface area contributed by atoms with Gasteiger partial charge in [-0.15, -0.1) is 11.8 Å². The number of hydrogen-bond donors (Lipinski definition) is 1. The molecule has 0 saturated carbocycles. The number of carbonyl (C=O) groups is 1. The van der Waals surface area contributed by atoms with E-state index in [1.54, 1.807) is 36.2 Å². The van der Waals surface area contributed by atoms with Crippen molar-refractivity contribution in [3.63, 3.8) is 0 Å². The van der Waals surface area contributed by atoms with Gasteiger partial charge in [-0.25, -0.2) is 0 Å². The summed E-state index contributed by atoms with van der Waals surface area (Å²) in [4.78, 5) is 11.9. The molecule has 1 N–H and O–H groups in total. The molecule has 1 rings (SSSR count). The maximum Gasteiger partial charge on any atom is 0.234 e. The van der Waals surface area contributed by atoms with Crippen LogP contribution in [0.25, 0.3) is 0 Å². The Bertz CT molecular complexity index is 512. The number of benzene rings is 1. The van der Waals surface area contributed by atoms with Gasteiger partial charge in [-0.05, 0) is 23.8 Å². The minimum atomic E-state index is -0.964. The van der Waals surface area contributed by atoms with Crippen molar-refractivity contribution in [3.05, 3.63) is 28.8 Å². The number of halogens is 1. The number of thioether (sulfide) groups is 1. The maximum atomic E-state index is 11.9. The van der Waals surface area contributed by atoms with Crippen molar-refractivity contribution in [2.24, 2.45) is 0 Å². The van der Waals surface area contributed by atoms with Crippen LogP contribution in [0, 0.1) is 0 Å². The van der Waals surface area contributed by atoms with E-state index in [2.05, 4.69) is 26.1 Å². The van der Waals surface area contributed by atoms with Crippen LogP contribution in [-0.4, -0.2) is 26.9 Å². The van der Waals surface area contributed by atoms with Gasteiger partial charge in [-0.1, -0.05) is 32.4 Å². The molecule has 3 nitrogen and oxygen atoms in total. The Balaban J connectivity index is 2.68. The Morgan fingerprint density at radius 3 is 2.60 bits per heavy atom. The zero-order valence-electron chi connectivity index (χ0n) is 12.2. The number of rotatable bonds is 5. The van der Waals surface area contributed by atoms with Crippen LogP contribution in [0.5, 0.6) is 0 Å². The largest absolute Gasteiger partial charge is 0.325 e. The Morgan fingerprint density at radius 2 is 2.05 bits per heavy atom. The third kappa shape index (κ3) is 6.77. The molecular formula is C14H20ClNO2S2. The first-order chi connectivity index (χ1) is 9.17. The van der Waals surface area contributed by atoms with Crippen LogP contribution in [0.15, 0.2) is 18.2 Å². The van der Waals surface area contributed by atoms with E-state index in [-0.39, 0.29) is 10.7 Å². The number of carbonyl (C=O) groups excluding carboxylic acids is 1. The van der Waals surface area contributed by atoms with Gasteiger partial charge in [0.05, 0.1) is 5.75 Å². The molecule has 0 heterocycles. The van der Waals surface area contributed by atoms with Crippen molar-refractivity contribution in [1.82, 2.24) is 0 Å². The predicted molar refractivity (Wildman–Crippen MR) is 90.1 cm³/mol. The number of hydrogen-bond acceptors (Lipinski definition) is 3. The van der Waals surface area contributed by atoms with Crippen LogP contribution >= 0.6 is 23.4 Å². The highest BCUT2D eigenvalue weighted by atomic mass is 35.5. The molecule has 0 aliphatic rings. The predicted octanol–water partition coefficient (Wildman–Crippen LogP) is 3.69. The van der Waals surface area contributed by atoms with Crippen molar-refractivity contribution in [1.29, 1.82) is 0 Å². The van der Waals surface area contributed by atoms with Gasteiger partial charge >= 0.3 is 0 Å². The molecular weight excluding hydrogens is 314 g/mol. The van der Waals surface area contributed by atoms with Crippen LogP contribution in [-0.2, 0) is 21.3 Å². The second-order valence-corrected chi connectivity index (χ2v) is 9.12. The number of nitrogens with one attached hydrogen (secondary N) is 1. The van der Waals surface area contributed by atoms with Gasteiger partial charge in [0, 0.05) is 38.3 Å². The van der Waals surface area contributed by atoms with Crippen LogP contribution in [0.4, 0.5) is 5.69 Å². The molecule has 0 aliphatic heterocycles. The SMILES string of the molecule is CS(=O)Cc1cc(NC(=O)CSC(C)(C)C)ccc1Cl. The lowest BCUT2D eigenvalue weighted by Gasteiger charge is -2.17. The van der Waals surface area contributed by atoms with Crippen molar-refractivity contribution in [2.45, 2.75) is 31.3 Å². The zero-order valence-corrected chi connectivity index (χ0v) is 14.5. The molecule has 0 aromatic heterocycles. The summed E-state index contributed by atoms with van der Waals surface area (Å²) < 4.78 is 11.3. The van der Waals surface area contributed by atoms with Crippen LogP contribution in [0.3, 0.4) is 0 Å². The lowest BCUT2D eigenvalue weighted by molar-refractivity contribution is -0.113. The minimum Gasteiger partial charge on any atom is -0.325 e. The van der Waals surface area contributed by atoms with Crippen LogP contribution < -0.4 is 5.32 Å². The smallest absolute Gasteiger partial charge is 0.234 e. The van der Waals surface area contributed by atoms with Gasteiger partial charge < -0.3 is 5.32 Å². The molecule has 1 unspecified atom stereocenters. The summed E-state index contributed by atoms with van der Waals surface area (Å²) >= 11 is 7.64. The first-order valence-electron chi connectivity index (χ1n) is 6.19. The molecule has 1 atom stereocenters. The van der Waals surface area contributed by atoms with Gasteiger partial charge in [0.25, 0.3) is 0 Å². The topological polar surface area (TPSA) is 46.2 Å². The van der Waals surface area contributed by atoms with Crippen molar-refractivity contribution in [3.8, 4) is 0 Å². The quantitative estimate of drug-likeness (QED) is 0.893. The first kappa shape index (κ1) is 17.5. The summed E-state index contributed by atoms with van der Waals surface area (Å²) in [6.45, 7) is 6.21. The summed E-state index contributed by atoms with van der Waals surface area (Å²) in [5.74, 6) is 0.747. The Hall–Kier alpha value is -0.520. The average Bonchev–Trinajstić information content (AvgIpc) is 2.29. The highest BCUT2D eigenvalue weighted by Gasteiger charge is 2.14. The van der Waals surface area contributed by atoms with E-state index < -0.39 is 10.8 Å². The number of anilines is 1. The second-order valence-electron chi connectivity index (χ2n) is 5.47. The molecule has 0 bridgehead atoms. The van der Waals surface area contributed by atoms with E-state index in [1.807, 2.05) is 0 Å². The monoisotopic (exact) mass is 333 g/mol. The maximum absolute atomic E-state index is 11.9. The molecule has 1 aromatic rings. The van der Waals surface area contributed by atoms with Gasteiger partial charge in [0.2, 0.25) is 5.91 Å². The minimum absolute atomic E-state index is 0.0455. The summed E-state index contributed by atoms with van der Waals surface area (Å²) in [6, 6.07) is 5.25. The molecule has 0 spiro atoms. The lowest BCUT2D eigenvalue weighted by atomic mass is 10.2. The van der Waals surface area contributed by atoms with Crippen molar-refractivity contribution >= 4 is 45.8 Å². The van der Waals surface area contributed by atoms with Gasteiger partial charge in [0.1, 0.15) is 0 Å². The van der Waals surface area contributed by atoms with Crippen molar-refractivity contribution in [2.75, 3.05) is 17.3 Å². The van der Waals surface area contributed by atoms with E-state index in [4.69, 9.17) is 11.6 Å².